The van der Waals surface area contributed by atoms with Gasteiger partial charge in [-0.25, -0.2) is 0 Å². The van der Waals surface area contributed by atoms with E-state index in [-0.39, 0.29) is 6.61 Å². The molecule has 1 atom stereocenters. The average Bonchev–Trinajstić information content (AvgIpc) is 2.10. The van der Waals surface area contributed by atoms with Gasteiger partial charge in [0.05, 0.1) is 0 Å². The second kappa shape index (κ2) is 5.27. The summed E-state index contributed by atoms with van der Waals surface area (Å²) in [6.45, 7) is 4.36. The van der Waals surface area contributed by atoms with E-state index in [1.165, 1.54) is 5.56 Å². The third-order valence-corrected chi connectivity index (χ3v) is 3.29. The van der Waals surface area contributed by atoms with Gasteiger partial charge in [-0.1, -0.05) is 13.0 Å². The molecule has 2 nitrogen and oxygen atoms in total. The lowest BCUT2D eigenvalue weighted by molar-refractivity contribution is 0.289. The van der Waals surface area contributed by atoms with Gasteiger partial charge in [0.15, 0.2) is 0 Å². The van der Waals surface area contributed by atoms with Crippen LogP contribution in [0.3, 0.4) is 0 Å². The number of benzene rings is 1. The van der Waals surface area contributed by atoms with Crippen LogP contribution in [0.1, 0.15) is 18.9 Å². The van der Waals surface area contributed by atoms with E-state index < -0.39 is 0 Å². The largest absolute Gasteiger partial charge is 0.398 e. The number of nitrogens with two attached hydrogens (primary N) is 1. The van der Waals surface area contributed by atoms with E-state index in [1.54, 1.807) is 11.8 Å². The van der Waals surface area contributed by atoms with Gasteiger partial charge in [0.25, 0.3) is 0 Å². The second-order valence-corrected chi connectivity index (χ2v) is 4.96. The Balaban J connectivity index is 2.67. The SMILES string of the molecule is Cc1ccc(SC(C)CCO)c(N)c1. The van der Waals surface area contributed by atoms with E-state index in [0.717, 1.165) is 17.0 Å². The van der Waals surface area contributed by atoms with Crippen molar-refractivity contribution in [3.8, 4) is 0 Å². The summed E-state index contributed by atoms with van der Waals surface area (Å²) in [5, 5.41) is 9.19. The third-order valence-electron chi connectivity index (χ3n) is 2.03. The second-order valence-electron chi connectivity index (χ2n) is 3.48. The number of hydrogen-bond donors (Lipinski definition) is 2. The molecule has 0 aliphatic rings. The molecule has 0 heterocycles. The average molecular weight is 211 g/mol. The van der Waals surface area contributed by atoms with Crippen LogP contribution in [0, 0.1) is 6.92 Å². The van der Waals surface area contributed by atoms with Crippen molar-refractivity contribution in [2.75, 3.05) is 12.3 Å². The van der Waals surface area contributed by atoms with Crippen LogP contribution in [-0.4, -0.2) is 17.0 Å². The Hall–Kier alpha value is -0.670. The predicted octanol–water partition coefficient (Wildman–Crippen LogP) is 2.44. The number of nitrogen functional groups attached to an aromatic ring is 1. The summed E-state index contributed by atoms with van der Waals surface area (Å²) >= 11 is 1.72. The Kier molecular flexibility index (Phi) is 4.29. The van der Waals surface area contributed by atoms with Crippen LogP contribution in [-0.2, 0) is 0 Å². The van der Waals surface area contributed by atoms with E-state index in [1.807, 2.05) is 19.1 Å². The Morgan fingerprint density at radius 3 is 2.79 bits per heavy atom. The molecule has 0 fully saturated rings. The quantitative estimate of drug-likeness (QED) is 0.594. The molecule has 0 saturated heterocycles. The highest BCUT2D eigenvalue weighted by Gasteiger charge is 2.06. The fourth-order valence-electron chi connectivity index (χ4n) is 1.23. The standard InChI is InChI=1S/C11H17NOS/c1-8-3-4-11(10(12)7-8)14-9(2)5-6-13/h3-4,7,9,13H,5-6,12H2,1-2H3. The minimum absolute atomic E-state index is 0.236. The van der Waals surface area contributed by atoms with Crippen LogP contribution >= 0.6 is 11.8 Å². The van der Waals surface area contributed by atoms with E-state index in [4.69, 9.17) is 10.8 Å². The maximum Gasteiger partial charge on any atom is 0.0454 e. The number of hydrogen-bond acceptors (Lipinski definition) is 3. The molecular weight excluding hydrogens is 194 g/mol. The Morgan fingerprint density at radius 1 is 1.50 bits per heavy atom. The summed E-state index contributed by atoms with van der Waals surface area (Å²) in [5.74, 6) is 0. The van der Waals surface area contributed by atoms with Crippen molar-refractivity contribution in [3.63, 3.8) is 0 Å². The fourth-order valence-corrected chi connectivity index (χ4v) is 2.23. The van der Waals surface area contributed by atoms with E-state index in [2.05, 4.69) is 13.0 Å². The van der Waals surface area contributed by atoms with Crippen LogP contribution in [0.2, 0.25) is 0 Å². The maximum absolute atomic E-state index is 8.78. The van der Waals surface area contributed by atoms with Crippen molar-refractivity contribution in [3.05, 3.63) is 23.8 Å². The molecule has 0 aromatic heterocycles. The van der Waals surface area contributed by atoms with Crippen molar-refractivity contribution in [2.24, 2.45) is 0 Å². The first-order valence-electron chi connectivity index (χ1n) is 4.77. The molecule has 3 N–H and O–H groups in total. The van der Waals surface area contributed by atoms with E-state index >= 15 is 0 Å². The van der Waals surface area contributed by atoms with Gasteiger partial charge in [-0.2, -0.15) is 0 Å². The lowest BCUT2D eigenvalue weighted by Gasteiger charge is -2.11. The Bertz CT molecular complexity index is 301. The highest BCUT2D eigenvalue weighted by atomic mass is 32.2. The first kappa shape index (κ1) is 11.4. The normalized spacial score (nSPS) is 12.8. The fraction of sp³-hybridized carbons (Fsp3) is 0.455. The summed E-state index contributed by atoms with van der Waals surface area (Å²) < 4.78 is 0. The van der Waals surface area contributed by atoms with Crippen LogP contribution in [0.4, 0.5) is 5.69 Å². The van der Waals surface area contributed by atoms with Gasteiger partial charge in [0.2, 0.25) is 0 Å². The van der Waals surface area contributed by atoms with Gasteiger partial charge in [0.1, 0.15) is 0 Å². The van der Waals surface area contributed by atoms with Crippen molar-refractivity contribution < 1.29 is 5.11 Å². The van der Waals surface area contributed by atoms with Crippen LogP contribution < -0.4 is 5.73 Å². The minimum atomic E-state index is 0.236. The molecule has 0 saturated carbocycles. The monoisotopic (exact) mass is 211 g/mol. The zero-order chi connectivity index (χ0) is 10.6. The molecule has 1 unspecified atom stereocenters. The summed E-state index contributed by atoms with van der Waals surface area (Å²) in [6, 6.07) is 6.08. The highest BCUT2D eigenvalue weighted by Crippen LogP contribution is 2.30. The van der Waals surface area contributed by atoms with Gasteiger partial charge < -0.3 is 10.8 Å². The number of rotatable bonds is 4. The predicted molar refractivity (Wildman–Crippen MR) is 62.6 cm³/mol. The molecule has 14 heavy (non-hydrogen) atoms. The highest BCUT2D eigenvalue weighted by molar-refractivity contribution is 8.00. The lowest BCUT2D eigenvalue weighted by atomic mass is 10.2. The molecule has 1 aromatic rings. The molecular formula is C11H17NOS. The first-order chi connectivity index (χ1) is 6.63. The zero-order valence-corrected chi connectivity index (χ0v) is 9.47. The lowest BCUT2D eigenvalue weighted by Crippen LogP contribution is -2.00. The molecule has 0 aliphatic heterocycles. The molecule has 3 heteroatoms. The number of aryl methyl sites for hydroxylation is 1. The molecule has 0 amide bonds. The van der Waals surface area contributed by atoms with E-state index in [9.17, 15) is 0 Å². The minimum Gasteiger partial charge on any atom is -0.398 e. The number of aliphatic hydroxyl groups is 1. The van der Waals surface area contributed by atoms with E-state index in [0.29, 0.717) is 5.25 Å². The third kappa shape index (κ3) is 3.24. The van der Waals surface area contributed by atoms with Gasteiger partial charge in [-0.05, 0) is 31.0 Å². The van der Waals surface area contributed by atoms with Gasteiger partial charge in [0, 0.05) is 22.4 Å². The van der Waals surface area contributed by atoms with Crippen LogP contribution in [0.5, 0.6) is 0 Å². The van der Waals surface area contributed by atoms with Crippen molar-refractivity contribution in [1.29, 1.82) is 0 Å². The zero-order valence-electron chi connectivity index (χ0n) is 8.66. The van der Waals surface area contributed by atoms with Crippen molar-refractivity contribution in [1.82, 2.24) is 0 Å². The van der Waals surface area contributed by atoms with Gasteiger partial charge in [-0.15, -0.1) is 11.8 Å². The first-order valence-corrected chi connectivity index (χ1v) is 5.65. The van der Waals surface area contributed by atoms with Crippen molar-refractivity contribution >= 4 is 17.4 Å². The summed E-state index contributed by atoms with van der Waals surface area (Å²) in [5.41, 5.74) is 7.90. The van der Waals surface area contributed by atoms with Crippen molar-refractivity contribution in [2.45, 2.75) is 30.4 Å². The maximum atomic E-state index is 8.78. The summed E-state index contributed by atoms with van der Waals surface area (Å²) in [7, 11) is 0. The molecule has 0 radical (unpaired) electrons. The molecule has 0 spiro atoms. The molecule has 0 bridgehead atoms. The molecule has 1 aromatic carbocycles. The topological polar surface area (TPSA) is 46.2 Å². The molecule has 0 aliphatic carbocycles. The summed E-state index contributed by atoms with van der Waals surface area (Å²) in [6.07, 6.45) is 0.804. The van der Waals surface area contributed by atoms with Crippen LogP contribution in [0.15, 0.2) is 23.1 Å². The van der Waals surface area contributed by atoms with Gasteiger partial charge in [-0.3, -0.25) is 0 Å². The molecule has 1 rings (SSSR count). The number of anilines is 1. The van der Waals surface area contributed by atoms with Crippen LogP contribution in [0.25, 0.3) is 0 Å². The number of aliphatic hydroxyl groups excluding tert-OH is 1. The Labute approximate surface area is 89.5 Å². The molecule has 78 valence electrons. The summed E-state index contributed by atoms with van der Waals surface area (Å²) in [4.78, 5) is 1.11. The Morgan fingerprint density at radius 2 is 2.21 bits per heavy atom. The smallest absolute Gasteiger partial charge is 0.0454 e. The van der Waals surface area contributed by atoms with Gasteiger partial charge >= 0.3 is 0 Å². The number of thioether (sulfide) groups is 1.